The van der Waals surface area contributed by atoms with Gasteiger partial charge in [-0.3, -0.25) is 4.79 Å². The van der Waals surface area contributed by atoms with Gasteiger partial charge in [0.1, 0.15) is 25.1 Å². The third kappa shape index (κ3) is 5.37. The van der Waals surface area contributed by atoms with E-state index in [-0.39, 0.29) is 17.9 Å². The SMILES string of the molecule is CN1CCC(C(=O)NCC2COc3ccc(OCc4ccc(Cl)cc4)cc3O2)CC1. The second-order valence-corrected chi connectivity index (χ2v) is 8.33. The minimum atomic E-state index is -0.223. The Hall–Kier alpha value is -2.44. The molecule has 2 aliphatic heterocycles. The molecule has 1 fully saturated rings. The molecule has 30 heavy (non-hydrogen) atoms. The highest BCUT2D eigenvalue weighted by Gasteiger charge is 2.26. The summed E-state index contributed by atoms with van der Waals surface area (Å²) in [6, 6.07) is 13.1. The summed E-state index contributed by atoms with van der Waals surface area (Å²) in [4.78, 5) is 14.7. The third-order valence-corrected chi connectivity index (χ3v) is 5.80. The van der Waals surface area contributed by atoms with E-state index in [1.807, 2.05) is 42.5 Å². The number of rotatable bonds is 6. The largest absolute Gasteiger partial charge is 0.489 e. The smallest absolute Gasteiger partial charge is 0.223 e. The van der Waals surface area contributed by atoms with E-state index in [1.165, 1.54) is 0 Å². The minimum absolute atomic E-state index is 0.0888. The monoisotopic (exact) mass is 430 g/mol. The number of ether oxygens (including phenoxy) is 3. The van der Waals surface area contributed by atoms with Gasteiger partial charge in [0.15, 0.2) is 11.5 Å². The highest BCUT2D eigenvalue weighted by Crippen LogP contribution is 2.35. The van der Waals surface area contributed by atoms with E-state index < -0.39 is 0 Å². The first-order valence-corrected chi connectivity index (χ1v) is 10.7. The summed E-state index contributed by atoms with van der Waals surface area (Å²) in [6.45, 7) is 3.21. The Morgan fingerprint density at radius 3 is 2.70 bits per heavy atom. The summed E-state index contributed by atoms with van der Waals surface area (Å²) in [5.74, 6) is 2.21. The number of amides is 1. The van der Waals surface area contributed by atoms with E-state index in [4.69, 9.17) is 25.8 Å². The van der Waals surface area contributed by atoms with Gasteiger partial charge in [-0.25, -0.2) is 0 Å². The highest BCUT2D eigenvalue weighted by molar-refractivity contribution is 6.30. The normalized spacial score (nSPS) is 19.3. The van der Waals surface area contributed by atoms with Crippen LogP contribution in [0.15, 0.2) is 42.5 Å². The van der Waals surface area contributed by atoms with Crippen molar-refractivity contribution in [3.05, 3.63) is 53.1 Å². The molecular formula is C23H27ClN2O4. The predicted molar refractivity (Wildman–Crippen MR) is 115 cm³/mol. The third-order valence-electron chi connectivity index (χ3n) is 5.55. The molecule has 0 bridgehead atoms. The minimum Gasteiger partial charge on any atom is -0.489 e. The van der Waals surface area contributed by atoms with Crippen LogP contribution in [0.2, 0.25) is 5.02 Å². The van der Waals surface area contributed by atoms with Gasteiger partial charge in [-0.2, -0.15) is 0 Å². The maximum absolute atomic E-state index is 12.4. The first-order valence-electron chi connectivity index (χ1n) is 10.3. The fourth-order valence-corrected chi connectivity index (χ4v) is 3.79. The topological polar surface area (TPSA) is 60.0 Å². The molecule has 0 saturated carbocycles. The lowest BCUT2D eigenvalue weighted by atomic mass is 9.96. The molecule has 1 atom stereocenters. The average Bonchev–Trinajstić information content (AvgIpc) is 2.77. The van der Waals surface area contributed by atoms with Gasteiger partial charge >= 0.3 is 0 Å². The molecule has 0 aliphatic carbocycles. The Balaban J connectivity index is 1.28. The lowest BCUT2D eigenvalue weighted by Crippen LogP contribution is -2.44. The molecule has 160 valence electrons. The van der Waals surface area contributed by atoms with Gasteiger partial charge in [0.05, 0.1) is 6.54 Å². The zero-order valence-corrected chi connectivity index (χ0v) is 17.9. The summed E-state index contributed by atoms with van der Waals surface area (Å²) in [5, 5.41) is 3.73. The molecule has 7 heteroatoms. The molecule has 2 aromatic carbocycles. The van der Waals surface area contributed by atoms with Gasteiger partial charge in [0.25, 0.3) is 0 Å². The average molecular weight is 431 g/mol. The zero-order valence-electron chi connectivity index (χ0n) is 17.1. The molecule has 1 amide bonds. The summed E-state index contributed by atoms with van der Waals surface area (Å²) in [5.41, 5.74) is 1.03. The molecule has 0 radical (unpaired) electrons. The Morgan fingerprint density at radius 2 is 1.93 bits per heavy atom. The van der Waals surface area contributed by atoms with E-state index in [1.54, 1.807) is 0 Å². The molecule has 6 nitrogen and oxygen atoms in total. The van der Waals surface area contributed by atoms with Gasteiger partial charge in [-0.15, -0.1) is 0 Å². The summed E-state index contributed by atoms with van der Waals surface area (Å²) >= 11 is 5.92. The Kier molecular flexibility index (Phi) is 6.65. The first kappa shape index (κ1) is 20.8. The number of hydrogen-bond donors (Lipinski definition) is 1. The number of hydrogen-bond acceptors (Lipinski definition) is 5. The highest BCUT2D eigenvalue weighted by atomic mass is 35.5. The second-order valence-electron chi connectivity index (χ2n) is 7.90. The Morgan fingerprint density at radius 1 is 1.17 bits per heavy atom. The van der Waals surface area contributed by atoms with Crippen molar-refractivity contribution >= 4 is 17.5 Å². The molecular weight excluding hydrogens is 404 g/mol. The van der Waals surface area contributed by atoms with E-state index in [9.17, 15) is 4.79 Å². The van der Waals surface area contributed by atoms with Crippen LogP contribution in [0.4, 0.5) is 0 Å². The summed E-state index contributed by atoms with van der Waals surface area (Å²) in [7, 11) is 2.09. The lowest BCUT2D eigenvalue weighted by molar-refractivity contribution is -0.126. The number of nitrogens with one attached hydrogen (secondary N) is 1. The zero-order chi connectivity index (χ0) is 20.9. The van der Waals surface area contributed by atoms with Crippen LogP contribution in [-0.4, -0.2) is 50.2 Å². The summed E-state index contributed by atoms with van der Waals surface area (Å²) in [6.07, 6.45) is 1.59. The van der Waals surface area contributed by atoms with Crippen molar-refractivity contribution in [1.29, 1.82) is 0 Å². The number of likely N-dealkylation sites (tertiary alicyclic amines) is 1. The van der Waals surface area contributed by atoms with Gasteiger partial charge < -0.3 is 24.4 Å². The molecule has 1 saturated heterocycles. The predicted octanol–water partition coefficient (Wildman–Crippen LogP) is 3.52. The molecule has 1 unspecified atom stereocenters. The number of carbonyl (C=O) groups is 1. The fourth-order valence-electron chi connectivity index (χ4n) is 3.66. The first-order chi connectivity index (χ1) is 14.6. The molecule has 4 rings (SSSR count). The van der Waals surface area contributed by atoms with Crippen LogP contribution in [0.1, 0.15) is 18.4 Å². The number of fused-ring (bicyclic) bond motifs is 1. The molecule has 2 aliphatic rings. The Bertz CT molecular complexity index is 866. The van der Waals surface area contributed by atoms with Crippen molar-refractivity contribution in [3.8, 4) is 17.2 Å². The van der Waals surface area contributed by atoms with E-state index >= 15 is 0 Å². The van der Waals surface area contributed by atoms with Crippen molar-refractivity contribution in [2.75, 3.05) is 33.3 Å². The fraction of sp³-hybridized carbons (Fsp3) is 0.435. The van der Waals surface area contributed by atoms with Crippen LogP contribution in [0.5, 0.6) is 17.2 Å². The standard InChI is InChI=1S/C23H27ClN2O4/c1-26-10-8-17(9-11-26)23(27)25-13-20-15-29-21-7-6-19(12-22(21)30-20)28-14-16-2-4-18(24)5-3-16/h2-7,12,17,20H,8-11,13-15H2,1H3,(H,25,27). The number of carbonyl (C=O) groups excluding carboxylic acids is 1. The van der Waals surface area contributed by atoms with Crippen molar-refractivity contribution in [2.24, 2.45) is 5.92 Å². The Labute approximate surface area is 182 Å². The maximum Gasteiger partial charge on any atom is 0.223 e. The quantitative estimate of drug-likeness (QED) is 0.759. The molecule has 0 aromatic heterocycles. The van der Waals surface area contributed by atoms with Crippen LogP contribution >= 0.6 is 11.6 Å². The number of nitrogens with zero attached hydrogens (tertiary/aromatic N) is 1. The molecule has 2 heterocycles. The van der Waals surface area contributed by atoms with Crippen molar-refractivity contribution in [3.63, 3.8) is 0 Å². The lowest BCUT2D eigenvalue weighted by Gasteiger charge is -2.30. The molecule has 1 N–H and O–H groups in total. The van der Waals surface area contributed by atoms with Crippen LogP contribution in [-0.2, 0) is 11.4 Å². The van der Waals surface area contributed by atoms with Crippen molar-refractivity contribution < 1.29 is 19.0 Å². The molecule has 0 spiro atoms. The number of benzene rings is 2. The van der Waals surface area contributed by atoms with Crippen molar-refractivity contribution in [2.45, 2.75) is 25.6 Å². The van der Waals surface area contributed by atoms with E-state index in [0.717, 1.165) is 31.5 Å². The van der Waals surface area contributed by atoms with Crippen LogP contribution in [0.25, 0.3) is 0 Å². The van der Waals surface area contributed by atoms with Gasteiger partial charge in [0.2, 0.25) is 5.91 Å². The summed E-state index contributed by atoms with van der Waals surface area (Å²) < 4.78 is 17.7. The van der Waals surface area contributed by atoms with Crippen LogP contribution in [0, 0.1) is 5.92 Å². The van der Waals surface area contributed by atoms with E-state index in [0.29, 0.717) is 42.0 Å². The van der Waals surface area contributed by atoms with Gasteiger partial charge in [-0.05, 0) is 62.8 Å². The van der Waals surface area contributed by atoms with Gasteiger partial charge in [-0.1, -0.05) is 23.7 Å². The second kappa shape index (κ2) is 9.58. The van der Waals surface area contributed by atoms with E-state index in [2.05, 4.69) is 17.3 Å². The van der Waals surface area contributed by atoms with Crippen molar-refractivity contribution in [1.82, 2.24) is 10.2 Å². The number of piperidine rings is 1. The van der Waals surface area contributed by atoms with Crippen LogP contribution < -0.4 is 19.5 Å². The van der Waals surface area contributed by atoms with Crippen LogP contribution in [0.3, 0.4) is 0 Å². The number of halogens is 1. The maximum atomic E-state index is 12.4. The van der Waals surface area contributed by atoms with Gasteiger partial charge in [0, 0.05) is 17.0 Å². The molecule has 2 aromatic rings.